The van der Waals surface area contributed by atoms with Gasteiger partial charge in [0.2, 0.25) is 0 Å². The van der Waals surface area contributed by atoms with E-state index in [0.717, 1.165) is 16.7 Å². The van der Waals surface area contributed by atoms with Gasteiger partial charge in [-0.1, -0.05) is 68.3 Å². The van der Waals surface area contributed by atoms with E-state index in [0.29, 0.717) is 17.9 Å². The number of rotatable bonds is 7. The topological polar surface area (TPSA) is 46.5 Å². The summed E-state index contributed by atoms with van der Waals surface area (Å²) < 4.78 is 5.22. The summed E-state index contributed by atoms with van der Waals surface area (Å²) in [5, 5.41) is 9.64. The van der Waals surface area contributed by atoms with E-state index in [1.54, 1.807) is 6.92 Å². The lowest BCUT2D eigenvalue weighted by molar-refractivity contribution is -0.138. The molecule has 0 bridgehead atoms. The highest BCUT2D eigenvalue weighted by molar-refractivity contribution is 5.86. The number of esters is 1. The fourth-order valence-electron chi connectivity index (χ4n) is 3.95. The largest absolute Gasteiger partial charge is 0.462 e. The summed E-state index contributed by atoms with van der Waals surface area (Å²) in [5.41, 5.74) is 6.01. The number of aliphatic hydroxyl groups excluding tert-OH is 1. The van der Waals surface area contributed by atoms with Crippen LogP contribution in [0.2, 0.25) is 0 Å². The maximum absolute atomic E-state index is 11.6. The SMILES string of the molecule is C=C(C)C(=O)OCCc1cc(-c2ccc(C3CCCCC3)cc2)ccc1CO. The number of hydrogen-bond acceptors (Lipinski definition) is 3. The molecule has 0 aliphatic heterocycles. The third kappa shape index (κ3) is 5.11. The normalized spacial score (nSPS) is 14.6. The zero-order valence-electron chi connectivity index (χ0n) is 16.7. The first-order valence-electron chi connectivity index (χ1n) is 10.2. The number of carbonyl (C=O) groups excluding carboxylic acids is 1. The summed E-state index contributed by atoms with van der Waals surface area (Å²) in [5.74, 6) is 0.332. The highest BCUT2D eigenvalue weighted by Crippen LogP contribution is 2.33. The number of benzene rings is 2. The van der Waals surface area contributed by atoms with Crippen LogP contribution in [0.4, 0.5) is 0 Å². The predicted molar refractivity (Wildman–Crippen MR) is 113 cm³/mol. The quantitative estimate of drug-likeness (QED) is 0.507. The van der Waals surface area contributed by atoms with Crippen LogP contribution in [-0.2, 0) is 22.6 Å². The fraction of sp³-hybridized carbons (Fsp3) is 0.400. The molecule has 0 saturated heterocycles. The van der Waals surface area contributed by atoms with Crippen LogP contribution in [0.3, 0.4) is 0 Å². The second-order valence-electron chi connectivity index (χ2n) is 7.76. The zero-order valence-corrected chi connectivity index (χ0v) is 16.7. The molecular formula is C25H30O3. The predicted octanol–water partition coefficient (Wildman–Crippen LogP) is 5.56. The standard InChI is InChI=1S/C25H30O3/c1-18(2)25(27)28-15-14-23-16-22(12-13-24(23)17-26)21-10-8-20(9-11-21)19-6-4-3-5-7-19/h8-13,16,19,26H,1,3-7,14-15,17H2,2H3. The van der Waals surface area contributed by atoms with Gasteiger partial charge in [-0.25, -0.2) is 4.79 Å². The first-order valence-corrected chi connectivity index (χ1v) is 10.2. The van der Waals surface area contributed by atoms with Crippen molar-refractivity contribution in [1.29, 1.82) is 0 Å². The first kappa shape index (κ1) is 20.3. The van der Waals surface area contributed by atoms with Gasteiger partial charge in [-0.2, -0.15) is 0 Å². The molecule has 1 saturated carbocycles. The maximum atomic E-state index is 11.6. The van der Waals surface area contributed by atoms with Gasteiger partial charge in [-0.3, -0.25) is 0 Å². The average Bonchev–Trinajstić information content (AvgIpc) is 2.74. The van der Waals surface area contributed by atoms with Crippen molar-refractivity contribution in [2.24, 2.45) is 0 Å². The molecule has 2 aromatic rings. The van der Waals surface area contributed by atoms with Crippen molar-refractivity contribution in [3.63, 3.8) is 0 Å². The Morgan fingerprint density at radius 3 is 2.36 bits per heavy atom. The molecule has 1 N–H and O–H groups in total. The molecule has 0 unspecified atom stereocenters. The van der Waals surface area contributed by atoms with Crippen molar-refractivity contribution in [3.8, 4) is 11.1 Å². The van der Waals surface area contributed by atoms with Gasteiger partial charge in [0.1, 0.15) is 0 Å². The van der Waals surface area contributed by atoms with Gasteiger partial charge >= 0.3 is 5.97 Å². The lowest BCUT2D eigenvalue weighted by atomic mass is 9.83. The van der Waals surface area contributed by atoms with Crippen LogP contribution in [0.1, 0.15) is 61.6 Å². The van der Waals surface area contributed by atoms with Crippen molar-refractivity contribution >= 4 is 5.97 Å². The van der Waals surface area contributed by atoms with E-state index in [-0.39, 0.29) is 19.2 Å². The third-order valence-corrected chi connectivity index (χ3v) is 5.65. The number of ether oxygens (including phenoxy) is 1. The second-order valence-corrected chi connectivity index (χ2v) is 7.76. The van der Waals surface area contributed by atoms with E-state index >= 15 is 0 Å². The maximum Gasteiger partial charge on any atom is 0.333 e. The number of carbonyl (C=O) groups is 1. The lowest BCUT2D eigenvalue weighted by Gasteiger charge is -2.22. The Kier molecular flexibility index (Phi) is 7.05. The van der Waals surface area contributed by atoms with E-state index in [9.17, 15) is 9.90 Å². The molecule has 0 amide bonds. The van der Waals surface area contributed by atoms with Gasteiger partial charge in [0, 0.05) is 12.0 Å². The van der Waals surface area contributed by atoms with Crippen LogP contribution < -0.4 is 0 Å². The smallest absolute Gasteiger partial charge is 0.333 e. The van der Waals surface area contributed by atoms with Crippen LogP contribution in [0.15, 0.2) is 54.6 Å². The Bertz CT molecular complexity index is 814. The van der Waals surface area contributed by atoms with Crippen LogP contribution in [0, 0.1) is 0 Å². The van der Waals surface area contributed by atoms with E-state index in [2.05, 4.69) is 36.9 Å². The third-order valence-electron chi connectivity index (χ3n) is 5.65. The molecule has 0 radical (unpaired) electrons. The summed E-state index contributed by atoms with van der Waals surface area (Å²) in [6, 6.07) is 15.0. The highest BCUT2D eigenvalue weighted by atomic mass is 16.5. The molecule has 1 aliphatic carbocycles. The first-order chi connectivity index (χ1) is 13.6. The summed E-state index contributed by atoms with van der Waals surface area (Å²) >= 11 is 0. The molecule has 28 heavy (non-hydrogen) atoms. The van der Waals surface area contributed by atoms with Gasteiger partial charge in [0.15, 0.2) is 0 Å². The molecule has 0 atom stereocenters. The van der Waals surface area contributed by atoms with Crippen molar-refractivity contribution in [2.75, 3.05) is 6.61 Å². The lowest BCUT2D eigenvalue weighted by Crippen LogP contribution is -2.09. The molecule has 1 aliphatic rings. The molecular weight excluding hydrogens is 348 g/mol. The van der Waals surface area contributed by atoms with Crippen molar-refractivity contribution < 1.29 is 14.6 Å². The molecule has 0 aromatic heterocycles. The molecule has 2 aromatic carbocycles. The molecule has 3 heteroatoms. The van der Waals surface area contributed by atoms with Gasteiger partial charge in [0.25, 0.3) is 0 Å². The summed E-state index contributed by atoms with van der Waals surface area (Å²) in [7, 11) is 0. The zero-order chi connectivity index (χ0) is 19.9. The monoisotopic (exact) mass is 378 g/mol. The van der Waals surface area contributed by atoms with Crippen LogP contribution >= 0.6 is 0 Å². The minimum Gasteiger partial charge on any atom is -0.462 e. The van der Waals surface area contributed by atoms with E-state index in [1.165, 1.54) is 43.2 Å². The summed E-state index contributed by atoms with van der Waals surface area (Å²) in [6.07, 6.45) is 7.23. The summed E-state index contributed by atoms with van der Waals surface area (Å²) in [6.45, 7) is 5.49. The van der Waals surface area contributed by atoms with Gasteiger partial charge < -0.3 is 9.84 Å². The van der Waals surface area contributed by atoms with Crippen molar-refractivity contribution in [2.45, 2.75) is 58.0 Å². The summed E-state index contributed by atoms with van der Waals surface area (Å²) in [4.78, 5) is 11.6. The molecule has 3 nitrogen and oxygen atoms in total. The van der Waals surface area contributed by atoms with Crippen molar-refractivity contribution in [1.82, 2.24) is 0 Å². The number of hydrogen-bond donors (Lipinski definition) is 1. The van der Waals surface area contributed by atoms with E-state index < -0.39 is 0 Å². The minimum atomic E-state index is -0.375. The van der Waals surface area contributed by atoms with Crippen LogP contribution in [0.25, 0.3) is 11.1 Å². The van der Waals surface area contributed by atoms with Gasteiger partial charge in [-0.05, 0) is 53.5 Å². The van der Waals surface area contributed by atoms with Crippen molar-refractivity contribution in [3.05, 3.63) is 71.3 Å². The Balaban J connectivity index is 1.72. The Labute approximate surface area is 168 Å². The number of aliphatic hydroxyl groups is 1. The Hall–Kier alpha value is -2.39. The van der Waals surface area contributed by atoms with Crippen LogP contribution in [0.5, 0.6) is 0 Å². The average molecular weight is 379 g/mol. The second kappa shape index (κ2) is 9.70. The van der Waals surface area contributed by atoms with Gasteiger partial charge in [-0.15, -0.1) is 0 Å². The molecule has 1 fully saturated rings. The minimum absolute atomic E-state index is 0.0232. The van der Waals surface area contributed by atoms with E-state index in [1.807, 2.05) is 12.1 Å². The molecule has 0 heterocycles. The Morgan fingerprint density at radius 1 is 1.04 bits per heavy atom. The fourth-order valence-corrected chi connectivity index (χ4v) is 3.95. The Morgan fingerprint density at radius 2 is 1.71 bits per heavy atom. The molecule has 0 spiro atoms. The van der Waals surface area contributed by atoms with Crippen LogP contribution in [-0.4, -0.2) is 17.7 Å². The van der Waals surface area contributed by atoms with E-state index in [4.69, 9.17) is 4.74 Å². The molecule has 3 rings (SSSR count). The highest BCUT2D eigenvalue weighted by Gasteiger charge is 2.15. The van der Waals surface area contributed by atoms with Gasteiger partial charge in [0.05, 0.1) is 13.2 Å². The molecule has 148 valence electrons.